The highest BCUT2D eigenvalue weighted by Crippen LogP contribution is 2.28. The summed E-state index contributed by atoms with van der Waals surface area (Å²) >= 11 is 0. The van der Waals surface area contributed by atoms with Crippen LogP contribution in [-0.2, 0) is 11.8 Å². The fraction of sp³-hybridized carbons (Fsp3) is 0.154. The number of hydrogen-bond acceptors (Lipinski definition) is 2. The molecule has 4 nitrogen and oxygen atoms in total. The van der Waals surface area contributed by atoms with Crippen molar-refractivity contribution in [2.45, 2.75) is 0 Å². The van der Waals surface area contributed by atoms with E-state index in [9.17, 15) is 4.79 Å². The largest absolute Gasteiger partial charge is 0.464 e. The number of carbonyl (C=O) groups is 1. The van der Waals surface area contributed by atoms with E-state index >= 15 is 0 Å². The predicted molar refractivity (Wildman–Crippen MR) is 66.1 cm³/mol. The molecule has 0 bridgehead atoms. The molecule has 3 aromatic rings. The van der Waals surface area contributed by atoms with Crippen molar-refractivity contribution < 1.29 is 9.53 Å². The van der Waals surface area contributed by atoms with Gasteiger partial charge in [0.1, 0.15) is 11.3 Å². The number of ether oxygens (including phenoxy) is 1. The highest BCUT2D eigenvalue weighted by Gasteiger charge is 2.14. The summed E-state index contributed by atoms with van der Waals surface area (Å²) in [4.78, 5) is 14.6. The Morgan fingerprint density at radius 3 is 2.82 bits per heavy atom. The fourth-order valence-electron chi connectivity index (χ4n) is 2.25. The van der Waals surface area contributed by atoms with Gasteiger partial charge in [0, 0.05) is 23.3 Å². The molecule has 0 saturated carbocycles. The SMILES string of the molecule is COC(=O)c1cc2c3ccccc3n(C)c2[nH]1. The molecule has 17 heavy (non-hydrogen) atoms. The summed E-state index contributed by atoms with van der Waals surface area (Å²) in [6.45, 7) is 0. The van der Waals surface area contributed by atoms with Crippen LogP contribution in [0.15, 0.2) is 30.3 Å². The number of methoxy groups -OCH3 is 1. The quantitative estimate of drug-likeness (QED) is 0.650. The van der Waals surface area contributed by atoms with E-state index in [4.69, 9.17) is 4.74 Å². The van der Waals surface area contributed by atoms with Crippen LogP contribution < -0.4 is 0 Å². The number of aromatic amines is 1. The van der Waals surface area contributed by atoms with Crippen molar-refractivity contribution in [1.82, 2.24) is 9.55 Å². The van der Waals surface area contributed by atoms with Crippen LogP contribution in [0.3, 0.4) is 0 Å². The molecular formula is C13H12N2O2. The standard InChI is InChI=1S/C13H12N2O2/c1-15-11-6-4-3-5-8(11)9-7-10(13(16)17-2)14-12(9)15/h3-7,14H,1-2H3. The van der Waals surface area contributed by atoms with Crippen molar-refractivity contribution in [1.29, 1.82) is 0 Å². The zero-order valence-corrected chi connectivity index (χ0v) is 9.65. The molecule has 0 aliphatic heterocycles. The van der Waals surface area contributed by atoms with Crippen molar-refractivity contribution in [2.24, 2.45) is 7.05 Å². The Morgan fingerprint density at radius 2 is 2.06 bits per heavy atom. The van der Waals surface area contributed by atoms with Gasteiger partial charge in [0.15, 0.2) is 0 Å². The third kappa shape index (κ3) is 1.27. The van der Waals surface area contributed by atoms with E-state index in [-0.39, 0.29) is 5.97 Å². The second-order valence-electron chi connectivity index (χ2n) is 4.01. The molecular weight excluding hydrogens is 216 g/mol. The number of aromatic nitrogens is 2. The van der Waals surface area contributed by atoms with Gasteiger partial charge in [0.2, 0.25) is 0 Å². The zero-order chi connectivity index (χ0) is 12.0. The van der Waals surface area contributed by atoms with Crippen molar-refractivity contribution in [3.05, 3.63) is 36.0 Å². The third-order valence-corrected chi connectivity index (χ3v) is 3.09. The van der Waals surface area contributed by atoms with Gasteiger partial charge < -0.3 is 14.3 Å². The number of benzene rings is 1. The molecule has 0 unspecified atom stereocenters. The van der Waals surface area contributed by atoms with Gasteiger partial charge in [-0.25, -0.2) is 4.79 Å². The summed E-state index contributed by atoms with van der Waals surface area (Å²) in [5.74, 6) is -0.342. The van der Waals surface area contributed by atoms with Crippen LogP contribution in [0.4, 0.5) is 0 Å². The first kappa shape index (κ1) is 9.96. The maximum Gasteiger partial charge on any atom is 0.354 e. The van der Waals surface area contributed by atoms with Crippen LogP contribution in [-0.4, -0.2) is 22.6 Å². The lowest BCUT2D eigenvalue weighted by atomic mass is 10.2. The van der Waals surface area contributed by atoms with E-state index in [2.05, 4.69) is 11.1 Å². The van der Waals surface area contributed by atoms with Crippen LogP contribution in [0, 0.1) is 0 Å². The number of hydrogen-bond donors (Lipinski definition) is 1. The molecule has 2 heterocycles. The highest BCUT2D eigenvalue weighted by atomic mass is 16.5. The van der Waals surface area contributed by atoms with Gasteiger partial charge >= 0.3 is 5.97 Å². The first-order valence-electron chi connectivity index (χ1n) is 5.37. The predicted octanol–water partition coefficient (Wildman–Crippen LogP) is 2.45. The molecule has 1 aromatic carbocycles. The van der Waals surface area contributed by atoms with Crippen molar-refractivity contribution in [3.63, 3.8) is 0 Å². The maximum absolute atomic E-state index is 11.5. The van der Waals surface area contributed by atoms with E-state index in [0.29, 0.717) is 5.69 Å². The van der Waals surface area contributed by atoms with E-state index in [1.54, 1.807) is 0 Å². The van der Waals surface area contributed by atoms with Crippen molar-refractivity contribution in [2.75, 3.05) is 7.11 Å². The first-order chi connectivity index (χ1) is 8.22. The van der Waals surface area contributed by atoms with E-state index in [1.807, 2.05) is 35.9 Å². The molecule has 0 saturated heterocycles. The van der Waals surface area contributed by atoms with Crippen LogP contribution in [0.2, 0.25) is 0 Å². The summed E-state index contributed by atoms with van der Waals surface area (Å²) in [6, 6.07) is 9.94. The molecule has 0 radical (unpaired) electrons. The minimum absolute atomic E-state index is 0.342. The topological polar surface area (TPSA) is 47.0 Å². The van der Waals surface area contributed by atoms with Crippen LogP contribution in [0.25, 0.3) is 21.9 Å². The lowest BCUT2D eigenvalue weighted by Crippen LogP contribution is -2.01. The Hall–Kier alpha value is -2.23. The molecule has 0 spiro atoms. The average Bonchev–Trinajstić information content (AvgIpc) is 2.90. The monoisotopic (exact) mass is 228 g/mol. The molecule has 1 N–H and O–H groups in total. The Kier molecular flexibility index (Phi) is 1.98. The molecule has 86 valence electrons. The lowest BCUT2D eigenvalue weighted by Gasteiger charge is -1.97. The smallest absolute Gasteiger partial charge is 0.354 e. The maximum atomic E-state index is 11.5. The third-order valence-electron chi connectivity index (χ3n) is 3.09. The zero-order valence-electron chi connectivity index (χ0n) is 9.65. The van der Waals surface area contributed by atoms with Gasteiger partial charge in [-0.3, -0.25) is 0 Å². The summed E-state index contributed by atoms with van der Waals surface area (Å²) in [5.41, 5.74) is 2.57. The second kappa shape index (κ2) is 3.38. The number of rotatable bonds is 1. The summed E-state index contributed by atoms with van der Waals surface area (Å²) in [7, 11) is 3.36. The number of fused-ring (bicyclic) bond motifs is 3. The molecule has 2 aromatic heterocycles. The number of carbonyl (C=O) groups excluding carboxylic acids is 1. The van der Waals surface area contributed by atoms with Crippen molar-refractivity contribution >= 4 is 27.9 Å². The Balaban J connectivity index is 2.37. The molecule has 4 heteroatoms. The van der Waals surface area contributed by atoms with E-state index < -0.39 is 0 Å². The Morgan fingerprint density at radius 1 is 1.29 bits per heavy atom. The summed E-state index contributed by atoms with van der Waals surface area (Å²) in [5, 5.41) is 2.18. The van der Waals surface area contributed by atoms with Gasteiger partial charge in [0.25, 0.3) is 0 Å². The van der Waals surface area contributed by atoms with Crippen LogP contribution in [0.5, 0.6) is 0 Å². The van der Waals surface area contributed by atoms with E-state index in [1.165, 1.54) is 7.11 Å². The Bertz CT molecular complexity index is 722. The number of H-pyrrole nitrogens is 1. The molecule has 0 aliphatic carbocycles. The molecule has 0 aliphatic rings. The van der Waals surface area contributed by atoms with Crippen LogP contribution >= 0.6 is 0 Å². The molecule has 3 rings (SSSR count). The molecule has 0 atom stereocenters. The average molecular weight is 228 g/mol. The van der Waals surface area contributed by atoms with E-state index in [0.717, 1.165) is 21.9 Å². The number of nitrogens with zero attached hydrogens (tertiary/aromatic N) is 1. The number of nitrogens with one attached hydrogen (secondary N) is 1. The van der Waals surface area contributed by atoms with Gasteiger partial charge in [-0.15, -0.1) is 0 Å². The normalized spacial score (nSPS) is 11.2. The van der Waals surface area contributed by atoms with Gasteiger partial charge in [-0.05, 0) is 12.1 Å². The van der Waals surface area contributed by atoms with Crippen LogP contribution in [0.1, 0.15) is 10.5 Å². The van der Waals surface area contributed by atoms with Crippen molar-refractivity contribution in [3.8, 4) is 0 Å². The van der Waals surface area contributed by atoms with Gasteiger partial charge in [-0.2, -0.15) is 0 Å². The summed E-state index contributed by atoms with van der Waals surface area (Å²) < 4.78 is 6.75. The van der Waals surface area contributed by atoms with Gasteiger partial charge in [0.05, 0.1) is 7.11 Å². The number of esters is 1. The second-order valence-corrected chi connectivity index (χ2v) is 4.01. The number of aryl methyl sites for hydroxylation is 1. The fourth-order valence-corrected chi connectivity index (χ4v) is 2.25. The Labute approximate surface area is 97.8 Å². The molecule has 0 amide bonds. The molecule has 0 fully saturated rings. The first-order valence-corrected chi connectivity index (χ1v) is 5.37. The summed E-state index contributed by atoms with van der Waals surface area (Å²) in [6.07, 6.45) is 0. The minimum atomic E-state index is -0.342. The minimum Gasteiger partial charge on any atom is -0.464 e. The lowest BCUT2D eigenvalue weighted by molar-refractivity contribution is 0.0595. The number of para-hydroxylation sites is 1. The highest BCUT2D eigenvalue weighted by molar-refractivity contribution is 6.09. The van der Waals surface area contributed by atoms with Gasteiger partial charge in [-0.1, -0.05) is 18.2 Å².